The Morgan fingerprint density at radius 3 is 2.19 bits per heavy atom. The molecule has 16 heavy (non-hydrogen) atoms. The summed E-state index contributed by atoms with van der Waals surface area (Å²) in [7, 11) is 0. The van der Waals surface area contributed by atoms with Crippen LogP contribution in [0.3, 0.4) is 0 Å². The summed E-state index contributed by atoms with van der Waals surface area (Å²) < 4.78 is 0. The van der Waals surface area contributed by atoms with Crippen molar-refractivity contribution in [3.63, 3.8) is 0 Å². The van der Waals surface area contributed by atoms with Gasteiger partial charge >= 0.3 is 0 Å². The first-order chi connectivity index (χ1) is 7.47. The molecule has 1 heterocycles. The van der Waals surface area contributed by atoms with Gasteiger partial charge in [-0.2, -0.15) is 0 Å². The van der Waals surface area contributed by atoms with Gasteiger partial charge in [0, 0.05) is 11.9 Å². The fourth-order valence-electron chi connectivity index (χ4n) is 2.44. The molecule has 96 valence electrons. The number of alkyl halides is 1. The van der Waals surface area contributed by atoms with E-state index >= 15 is 0 Å². The van der Waals surface area contributed by atoms with E-state index in [0.29, 0.717) is 5.41 Å². The second-order valence-corrected chi connectivity index (χ2v) is 7.02. The zero-order chi connectivity index (χ0) is 12.2. The highest BCUT2D eigenvalue weighted by molar-refractivity contribution is 9.09. The van der Waals surface area contributed by atoms with E-state index in [1.54, 1.807) is 0 Å². The molecule has 1 saturated heterocycles. The van der Waals surface area contributed by atoms with E-state index in [-0.39, 0.29) is 0 Å². The second kappa shape index (κ2) is 6.39. The lowest BCUT2D eigenvalue weighted by Gasteiger charge is -2.37. The largest absolute Gasteiger partial charge is 0.303 e. The molecule has 1 fully saturated rings. The van der Waals surface area contributed by atoms with Gasteiger partial charge in [-0.15, -0.1) is 0 Å². The summed E-state index contributed by atoms with van der Waals surface area (Å²) in [6.45, 7) is 13.3. The van der Waals surface area contributed by atoms with Crippen LogP contribution in [0.15, 0.2) is 0 Å². The lowest BCUT2D eigenvalue weighted by Crippen LogP contribution is -2.40. The first-order valence-electron chi connectivity index (χ1n) is 6.75. The molecule has 1 nitrogen and oxygen atoms in total. The van der Waals surface area contributed by atoms with E-state index in [4.69, 9.17) is 0 Å². The Hall–Kier alpha value is 0.440. The topological polar surface area (TPSA) is 3.24 Å². The van der Waals surface area contributed by atoms with E-state index in [9.17, 15) is 0 Å². The zero-order valence-corrected chi connectivity index (χ0v) is 13.0. The molecule has 1 aliphatic heterocycles. The molecule has 1 rings (SSSR count). The average Bonchev–Trinajstić information content (AvgIpc) is 2.25. The SMILES string of the molecule is CCC1CCN(CC(CBr)C(C)(C)C)CC1. The molecule has 1 aliphatic rings. The van der Waals surface area contributed by atoms with Crippen LogP contribution in [-0.4, -0.2) is 29.9 Å². The van der Waals surface area contributed by atoms with Crippen molar-refractivity contribution in [3.8, 4) is 0 Å². The number of halogens is 1. The van der Waals surface area contributed by atoms with Crippen molar-refractivity contribution in [2.75, 3.05) is 25.0 Å². The molecule has 0 amide bonds. The zero-order valence-electron chi connectivity index (χ0n) is 11.4. The number of rotatable bonds is 4. The number of likely N-dealkylation sites (tertiary alicyclic amines) is 1. The maximum atomic E-state index is 3.68. The van der Waals surface area contributed by atoms with Crippen LogP contribution >= 0.6 is 15.9 Å². The Kier molecular flexibility index (Phi) is 5.79. The minimum Gasteiger partial charge on any atom is -0.303 e. The van der Waals surface area contributed by atoms with Crippen LogP contribution in [0.1, 0.15) is 47.0 Å². The normalized spacial score (nSPS) is 22.3. The monoisotopic (exact) mass is 289 g/mol. The molecule has 0 aromatic carbocycles. The minimum absolute atomic E-state index is 0.422. The molecule has 0 spiro atoms. The van der Waals surface area contributed by atoms with E-state index in [0.717, 1.165) is 17.2 Å². The van der Waals surface area contributed by atoms with Crippen LogP contribution in [0.2, 0.25) is 0 Å². The Labute approximate surface area is 110 Å². The molecule has 0 saturated carbocycles. The average molecular weight is 290 g/mol. The molecule has 1 atom stereocenters. The molecule has 0 aliphatic carbocycles. The van der Waals surface area contributed by atoms with Crippen molar-refractivity contribution in [2.24, 2.45) is 17.3 Å². The van der Waals surface area contributed by atoms with Crippen molar-refractivity contribution in [1.29, 1.82) is 0 Å². The van der Waals surface area contributed by atoms with Crippen LogP contribution in [0.4, 0.5) is 0 Å². The minimum atomic E-state index is 0.422. The quantitative estimate of drug-likeness (QED) is 0.703. The van der Waals surface area contributed by atoms with Gasteiger partial charge in [0.05, 0.1) is 0 Å². The van der Waals surface area contributed by atoms with E-state index < -0.39 is 0 Å². The van der Waals surface area contributed by atoms with Crippen molar-refractivity contribution in [2.45, 2.75) is 47.0 Å². The fourth-order valence-corrected chi connectivity index (χ4v) is 3.62. The predicted octanol–water partition coefficient (Wildman–Crippen LogP) is 4.17. The van der Waals surface area contributed by atoms with Gasteiger partial charge in [-0.1, -0.05) is 50.0 Å². The Bertz CT molecular complexity index is 189. The second-order valence-electron chi connectivity index (χ2n) is 6.37. The standard InChI is InChI=1S/C14H28BrN/c1-5-12-6-8-16(9-7-12)11-13(10-15)14(2,3)4/h12-13H,5-11H2,1-4H3. The molecule has 0 aromatic heterocycles. The Balaban J connectivity index is 2.37. The third-order valence-corrected chi connectivity index (χ3v) is 4.96. The third-order valence-electron chi connectivity index (χ3n) is 4.17. The molecule has 0 aromatic rings. The van der Waals surface area contributed by atoms with Crippen molar-refractivity contribution < 1.29 is 0 Å². The van der Waals surface area contributed by atoms with Gasteiger partial charge in [0.25, 0.3) is 0 Å². The first-order valence-corrected chi connectivity index (χ1v) is 7.87. The fraction of sp³-hybridized carbons (Fsp3) is 1.00. The Morgan fingerprint density at radius 1 is 1.25 bits per heavy atom. The van der Waals surface area contributed by atoms with Gasteiger partial charge in [0.1, 0.15) is 0 Å². The first kappa shape index (κ1) is 14.5. The highest BCUT2D eigenvalue weighted by Gasteiger charge is 2.27. The summed E-state index contributed by atoms with van der Waals surface area (Å²) in [5.41, 5.74) is 0.422. The maximum Gasteiger partial charge on any atom is 0.00768 e. The number of hydrogen-bond acceptors (Lipinski definition) is 1. The summed E-state index contributed by atoms with van der Waals surface area (Å²) in [4.78, 5) is 2.67. The van der Waals surface area contributed by atoms with E-state index in [2.05, 4.69) is 48.5 Å². The summed E-state index contributed by atoms with van der Waals surface area (Å²) in [6, 6.07) is 0. The molecule has 0 N–H and O–H groups in total. The maximum absolute atomic E-state index is 3.68. The molecule has 2 heteroatoms. The van der Waals surface area contributed by atoms with Crippen molar-refractivity contribution in [3.05, 3.63) is 0 Å². The van der Waals surface area contributed by atoms with Gasteiger partial charge in [0.15, 0.2) is 0 Å². The molecule has 0 bridgehead atoms. The van der Waals surface area contributed by atoms with Gasteiger partial charge in [-0.05, 0) is 43.2 Å². The number of nitrogens with zero attached hydrogens (tertiary/aromatic N) is 1. The van der Waals surface area contributed by atoms with Crippen LogP contribution < -0.4 is 0 Å². The molecular formula is C14H28BrN. The van der Waals surface area contributed by atoms with Crippen LogP contribution in [0.5, 0.6) is 0 Å². The number of piperidine rings is 1. The molecular weight excluding hydrogens is 262 g/mol. The summed E-state index contributed by atoms with van der Waals surface area (Å²) in [5.74, 6) is 1.76. The predicted molar refractivity (Wildman–Crippen MR) is 76.2 cm³/mol. The van der Waals surface area contributed by atoms with Crippen molar-refractivity contribution in [1.82, 2.24) is 4.90 Å². The summed E-state index contributed by atoms with van der Waals surface area (Å²) in [6.07, 6.45) is 4.19. The van der Waals surface area contributed by atoms with Gasteiger partial charge < -0.3 is 4.90 Å². The Morgan fingerprint density at radius 2 is 1.81 bits per heavy atom. The van der Waals surface area contributed by atoms with Gasteiger partial charge in [-0.25, -0.2) is 0 Å². The van der Waals surface area contributed by atoms with Crippen LogP contribution in [0.25, 0.3) is 0 Å². The lowest BCUT2D eigenvalue weighted by atomic mass is 9.81. The van der Waals surface area contributed by atoms with Crippen LogP contribution in [-0.2, 0) is 0 Å². The highest BCUT2D eigenvalue weighted by atomic mass is 79.9. The lowest BCUT2D eigenvalue weighted by molar-refractivity contribution is 0.124. The molecule has 0 radical (unpaired) electrons. The summed E-state index contributed by atoms with van der Waals surface area (Å²) >= 11 is 3.68. The summed E-state index contributed by atoms with van der Waals surface area (Å²) in [5, 5.41) is 1.13. The smallest absolute Gasteiger partial charge is 0.00768 e. The highest BCUT2D eigenvalue weighted by Crippen LogP contribution is 2.30. The van der Waals surface area contributed by atoms with Crippen molar-refractivity contribution >= 4 is 15.9 Å². The van der Waals surface area contributed by atoms with Crippen LogP contribution in [0, 0.1) is 17.3 Å². The van der Waals surface area contributed by atoms with Gasteiger partial charge in [0.2, 0.25) is 0 Å². The van der Waals surface area contributed by atoms with Gasteiger partial charge in [-0.3, -0.25) is 0 Å². The third kappa shape index (κ3) is 4.37. The van der Waals surface area contributed by atoms with E-state index in [1.807, 2.05) is 0 Å². The number of hydrogen-bond donors (Lipinski definition) is 0. The molecule has 1 unspecified atom stereocenters. The van der Waals surface area contributed by atoms with E-state index in [1.165, 1.54) is 38.9 Å².